The van der Waals surface area contributed by atoms with Gasteiger partial charge in [-0.1, -0.05) is 44.2 Å². The summed E-state index contributed by atoms with van der Waals surface area (Å²) < 4.78 is 26.1. The number of nitrogens with one attached hydrogen (secondary N) is 1. The molecule has 0 spiro atoms. The lowest BCUT2D eigenvalue weighted by molar-refractivity contribution is -0.117. The Morgan fingerprint density at radius 1 is 1.13 bits per heavy atom. The summed E-state index contributed by atoms with van der Waals surface area (Å²) in [6.07, 6.45) is 0. The van der Waals surface area contributed by atoms with Crippen molar-refractivity contribution in [3.63, 3.8) is 0 Å². The molecule has 0 unspecified atom stereocenters. The summed E-state index contributed by atoms with van der Waals surface area (Å²) in [5.41, 5.74) is 3.00. The fourth-order valence-electron chi connectivity index (χ4n) is 2.92. The molecule has 0 fully saturated rings. The van der Waals surface area contributed by atoms with Gasteiger partial charge in [-0.2, -0.15) is 4.80 Å². The van der Waals surface area contributed by atoms with E-state index in [9.17, 15) is 13.2 Å². The summed E-state index contributed by atoms with van der Waals surface area (Å²) >= 11 is 0. The van der Waals surface area contributed by atoms with Crippen LogP contribution in [0, 0.1) is 6.92 Å². The first-order valence-corrected chi connectivity index (χ1v) is 11.2. The normalized spacial score (nSPS) is 11.8. The van der Waals surface area contributed by atoms with Crippen molar-refractivity contribution in [1.82, 2.24) is 24.5 Å². The van der Waals surface area contributed by atoms with Crippen LogP contribution in [0.3, 0.4) is 0 Å². The van der Waals surface area contributed by atoms with Crippen LogP contribution in [0.15, 0.2) is 47.4 Å². The van der Waals surface area contributed by atoms with Crippen LogP contribution in [0.5, 0.6) is 0 Å². The Morgan fingerprint density at radius 2 is 1.81 bits per heavy atom. The van der Waals surface area contributed by atoms with Gasteiger partial charge in [0.2, 0.25) is 21.8 Å². The van der Waals surface area contributed by atoms with Gasteiger partial charge in [0.25, 0.3) is 0 Å². The van der Waals surface area contributed by atoms with Crippen molar-refractivity contribution in [3.8, 4) is 11.4 Å². The molecule has 0 aliphatic rings. The van der Waals surface area contributed by atoms with Crippen LogP contribution in [0.4, 0.5) is 5.69 Å². The average molecular weight is 443 g/mol. The van der Waals surface area contributed by atoms with E-state index >= 15 is 0 Å². The monoisotopic (exact) mass is 442 g/mol. The molecular weight excluding hydrogens is 416 g/mol. The van der Waals surface area contributed by atoms with E-state index in [1.54, 1.807) is 19.1 Å². The molecule has 10 heteroatoms. The van der Waals surface area contributed by atoms with Crippen LogP contribution in [0.2, 0.25) is 0 Å². The molecule has 3 rings (SSSR count). The van der Waals surface area contributed by atoms with Crippen LogP contribution in [0.1, 0.15) is 30.9 Å². The maximum Gasteiger partial charge on any atom is 0.248 e. The average Bonchev–Trinajstić information content (AvgIpc) is 3.17. The fraction of sp³-hybridized carbons (Fsp3) is 0.333. The Labute approximate surface area is 182 Å². The van der Waals surface area contributed by atoms with Crippen LogP contribution in [-0.4, -0.2) is 52.9 Å². The summed E-state index contributed by atoms with van der Waals surface area (Å²) in [5, 5.41) is 14.9. The van der Waals surface area contributed by atoms with Crippen LogP contribution in [-0.2, 0) is 21.4 Å². The number of anilines is 1. The first-order chi connectivity index (χ1) is 14.6. The van der Waals surface area contributed by atoms with Gasteiger partial charge < -0.3 is 5.32 Å². The minimum Gasteiger partial charge on any atom is -0.324 e. The summed E-state index contributed by atoms with van der Waals surface area (Å²) in [5.74, 6) is 0.463. The summed E-state index contributed by atoms with van der Waals surface area (Å²) in [6, 6.07) is 12.6. The minimum absolute atomic E-state index is 0.140. The molecule has 1 N–H and O–H groups in total. The number of tetrazole rings is 1. The molecule has 2 aromatic carbocycles. The van der Waals surface area contributed by atoms with Crippen LogP contribution >= 0.6 is 0 Å². The van der Waals surface area contributed by atoms with Gasteiger partial charge >= 0.3 is 0 Å². The molecule has 0 atom stereocenters. The molecule has 0 aliphatic carbocycles. The molecule has 1 amide bonds. The van der Waals surface area contributed by atoms with E-state index in [1.807, 2.05) is 24.3 Å². The van der Waals surface area contributed by atoms with Crippen molar-refractivity contribution in [2.24, 2.45) is 0 Å². The standard InChI is InChI=1S/C21H26N6O3S/c1-14(2)16-7-9-17(10-8-16)21-23-25-27(24-21)13-20(28)22-18-11-6-15(3)19(12-18)31(29,30)26(4)5/h6-12,14H,13H2,1-5H3,(H,22,28). The first-order valence-electron chi connectivity index (χ1n) is 9.79. The van der Waals surface area contributed by atoms with E-state index in [4.69, 9.17) is 0 Å². The molecule has 31 heavy (non-hydrogen) atoms. The Kier molecular flexibility index (Phi) is 6.51. The maximum absolute atomic E-state index is 12.5. The van der Waals surface area contributed by atoms with E-state index < -0.39 is 15.9 Å². The van der Waals surface area contributed by atoms with Gasteiger partial charge in [-0.3, -0.25) is 4.79 Å². The second kappa shape index (κ2) is 8.94. The number of rotatable bonds is 7. The predicted molar refractivity (Wildman–Crippen MR) is 118 cm³/mol. The third-order valence-electron chi connectivity index (χ3n) is 4.80. The zero-order chi connectivity index (χ0) is 22.8. The molecule has 9 nitrogen and oxygen atoms in total. The lowest BCUT2D eigenvalue weighted by atomic mass is 10.0. The van der Waals surface area contributed by atoms with Crippen molar-refractivity contribution in [2.75, 3.05) is 19.4 Å². The van der Waals surface area contributed by atoms with Gasteiger partial charge in [0.05, 0.1) is 4.90 Å². The quantitative estimate of drug-likeness (QED) is 0.602. The summed E-state index contributed by atoms with van der Waals surface area (Å²) in [4.78, 5) is 13.8. The number of hydrogen-bond donors (Lipinski definition) is 1. The van der Waals surface area contributed by atoms with Crippen molar-refractivity contribution >= 4 is 21.6 Å². The SMILES string of the molecule is Cc1ccc(NC(=O)Cn2nnc(-c3ccc(C(C)C)cc3)n2)cc1S(=O)(=O)N(C)C. The van der Waals surface area contributed by atoms with Crippen molar-refractivity contribution in [3.05, 3.63) is 53.6 Å². The van der Waals surface area contributed by atoms with Crippen molar-refractivity contribution in [1.29, 1.82) is 0 Å². The van der Waals surface area contributed by atoms with Crippen molar-refractivity contribution < 1.29 is 13.2 Å². The predicted octanol–water partition coefficient (Wildman–Crippen LogP) is 2.66. The topological polar surface area (TPSA) is 110 Å². The minimum atomic E-state index is -3.62. The highest BCUT2D eigenvalue weighted by Crippen LogP contribution is 2.23. The van der Waals surface area contributed by atoms with E-state index in [2.05, 4.69) is 34.6 Å². The lowest BCUT2D eigenvalue weighted by Crippen LogP contribution is -2.24. The van der Waals surface area contributed by atoms with Gasteiger partial charge in [-0.05, 0) is 41.3 Å². The number of sulfonamides is 1. The Balaban J connectivity index is 1.71. The summed E-state index contributed by atoms with van der Waals surface area (Å²) in [6.45, 7) is 5.79. The molecule has 0 saturated heterocycles. The molecule has 0 radical (unpaired) electrons. The molecule has 0 aliphatic heterocycles. The zero-order valence-electron chi connectivity index (χ0n) is 18.2. The second-order valence-corrected chi connectivity index (χ2v) is 9.86. The molecule has 1 heterocycles. The van der Waals surface area contributed by atoms with Crippen LogP contribution in [0.25, 0.3) is 11.4 Å². The number of aryl methyl sites for hydroxylation is 1. The Morgan fingerprint density at radius 3 is 2.42 bits per heavy atom. The zero-order valence-corrected chi connectivity index (χ0v) is 19.0. The van der Waals surface area contributed by atoms with Gasteiger partial charge in [-0.25, -0.2) is 12.7 Å². The number of hydrogen-bond acceptors (Lipinski definition) is 6. The van der Waals surface area contributed by atoms with E-state index in [0.717, 1.165) is 9.87 Å². The van der Waals surface area contributed by atoms with Gasteiger partial charge in [-0.15, -0.1) is 10.2 Å². The molecule has 1 aromatic heterocycles. The number of benzene rings is 2. The maximum atomic E-state index is 12.5. The Hall–Kier alpha value is -3.11. The van der Waals surface area contributed by atoms with E-state index in [0.29, 0.717) is 23.0 Å². The fourth-order valence-corrected chi connectivity index (χ4v) is 4.07. The highest BCUT2D eigenvalue weighted by Gasteiger charge is 2.20. The molecule has 164 valence electrons. The number of amides is 1. The number of carbonyl (C=O) groups excluding carboxylic acids is 1. The number of aromatic nitrogens is 4. The first kappa shape index (κ1) is 22.6. The summed E-state index contributed by atoms with van der Waals surface area (Å²) in [7, 11) is -0.693. The van der Waals surface area contributed by atoms with Gasteiger partial charge in [0.15, 0.2) is 0 Å². The lowest BCUT2D eigenvalue weighted by Gasteiger charge is -2.15. The van der Waals surface area contributed by atoms with Gasteiger partial charge in [0, 0.05) is 25.3 Å². The number of carbonyl (C=O) groups is 1. The highest BCUT2D eigenvalue weighted by atomic mass is 32.2. The second-order valence-electron chi connectivity index (χ2n) is 7.74. The highest BCUT2D eigenvalue weighted by molar-refractivity contribution is 7.89. The van der Waals surface area contributed by atoms with Crippen LogP contribution < -0.4 is 5.32 Å². The molecular formula is C21H26N6O3S. The Bertz CT molecular complexity index is 1180. The molecule has 0 bridgehead atoms. The van der Waals surface area contributed by atoms with E-state index in [1.165, 1.54) is 30.5 Å². The van der Waals surface area contributed by atoms with E-state index in [-0.39, 0.29) is 11.4 Å². The third kappa shape index (κ3) is 5.15. The smallest absolute Gasteiger partial charge is 0.248 e. The molecule has 3 aromatic rings. The van der Waals surface area contributed by atoms with Gasteiger partial charge in [0.1, 0.15) is 6.54 Å². The largest absolute Gasteiger partial charge is 0.324 e. The molecule has 0 saturated carbocycles. The number of nitrogens with zero attached hydrogens (tertiary/aromatic N) is 5. The van der Waals surface area contributed by atoms with Crippen molar-refractivity contribution in [2.45, 2.75) is 38.1 Å². The third-order valence-corrected chi connectivity index (χ3v) is 6.76.